The van der Waals surface area contributed by atoms with E-state index in [0.29, 0.717) is 29.2 Å². The third-order valence-electron chi connectivity index (χ3n) is 9.24. The van der Waals surface area contributed by atoms with Gasteiger partial charge >= 0.3 is 6.16 Å². The van der Waals surface area contributed by atoms with Crippen LogP contribution in [0.4, 0.5) is 10.6 Å². The lowest BCUT2D eigenvalue weighted by molar-refractivity contribution is -0.136. The molecule has 8 nitrogen and oxygen atoms in total. The van der Waals surface area contributed by atoms with Gasteiger partial charge in [0, 0.05) is 31.0 Å². The summed E-state index contributed by atoms with van der Waals surface area (Å²) in [6.45, 7) is 5.86. The largest absolute Gasteiger partial charge is 0.506 e. The summed E-state index contributed by atoms with van der Waals surface area (Å²) in [5.41, 5.74) is 0.125. The summed E-state index contributed by atoms with van der Waals surface area (Å²) in [6.07, 6.45) is 4.43. The Balaban J connectivity index is 1.16. The number of hydrogen-bond acceptors (Lipinski definition) is 7. The van der Waals surface area contributed by atoms with E-state index in [1.165, 1.54) is 0 Å². The Hall–Kier alpha value is -2.00. The van der Waals surface area contributed by atoms with Crippen LogP contribution in [0, 0.1) is 35.5 Å². The van der Waals surface area contributed by atoms with Gasteiger partial charge in [0.05, 0.1) is 11.2 Å². The number of anilines is 1. The average Bonchev–Trinajstić information content (AvgIpc) is 3.21. The van der Waals surface area contributed by atoms with Crippen molar-refractivity contribution in [1.82, 2.24) is 10.3 Å². The molecule has 0 spiro atoms. The number of thioether (sulfide) groups is 1. The van der Waals surface area contributed by atoms with E-state index in [4.69, 9.17) is 14.8 Å². The molecule has 1 aromatic rings. The van der Waals surface area contributed by atoms with Gasteiger partial charge in [0.1, 0.15) is 16.9 Å². The zero-order valence-electron chi connectivity index (χ0n) is 21.1. The Kier molecular flexibility index (Phi) is 6.14. The maximum absolute atomic E-state index is 13.6. The molecule has 5 aliphatic carbocycles. The molecule has 0 aromatic carbocycles. The molecule has 5 atom stereocenters. The summed E-state index contributed by atoms with van der Waals surface area (Å²) < 4.78 is 4.98. The number of hydrogen-bond donors (Lipinski definition) is 3. The number of nitrogens with one attached hydrogen (secondary N) is 1. The minimum Gasteiger partial charge on any atom is -0.450 e. The molecular formula is C27H37N3O5S. The number of aromatic nitrogens is 1. The van der Waals surface area contributed by atoms with E-state index in [0.717, 1.165) is 68.2 Å². The molecule has 1 amide bonds. The quantitative estimate of drug-likeness (QED) is 0.352. The molecule has 1 saturated heterocycles. The first-order chi connectivity index (χ1) is 17.2. The van der Waals surface area contributed by atoms with Gasteiger partial charge in [0.15, 0.2) is 0 Å². The average molecular weight is 516 g/mol. The highest BCUT2D eigenvalue weighted by molar-refractivity contribution is 7.99. The number of carbonyl (C=O) groups is 2. The van der Waals surface area contributed by atoms with Crippen LogP contribution in [-0.4, -0.2) is 63.8 Å². The van der Waals surface area contributed by atoms with Crippen LogP contribution in [0.15, 0.2) is 17.2 Å². The SMILES string of the molecule is CC(C)CCSc1nc(N2C[C@@H]3C(OC(=O)O)[C@@H]3C2)ccc1C(=O)N[C@H]1C2CC3CC1C[C@@](O)(C3)C2. The molecule has 9 heteroatoms. The smallest absolute Gasteiger partial charge is 0.450 e. The summed E-state index contributed by atoms with van der Waals surface area (Å²) in [4.78, 5) is 31.5. The van der Waals surface area contributed by atoms with Gasteiger partial charge in [-0.25, -0.2) is 9.78 Å². The lowest BCUT2D eigenvalue weighted by Crippen LogP contribution is -2.61. The van der Waals surface area contributed by atoms with Crippen LogP contribution in [0.25, 0.3) is 0 Å². The summed E-state index contributed by atoms with van der Waals surface area (Å²) in [6, 6.07) is 3.98. The Labute approximate surface area is 216 Å². The zero-order valence-corrected chi connectivity index (χ0v) is 21.9. The molecule has 7 rings (SSSR count). The fourth-order valence-electron chi connectivity index (χ4n) is 7.68. The van der Waals surface area contributed by atoms with Crippen LogP contribution in [0.1, 0.15) is 62.7 Å². The van der Waals surface area contributed by atoms with Crippen molar-refractivity contribution in [3.8, 4) is 0 Å². The minimum atomic E-state index is -1.20. The van der Waals surface area contributed by atoms with E-state index in [1.54, 1.807) is 11.8 Å². The van der Waals surface area contributed by atoms with Gasteiger partial charge in [0.25, 0.3) is 5.91 Å². The van der Waals surface area contributed by atoms with Crippen LogP contribution < -0.4 is 10.2 Å². The Morgan fingerprint density at radius 1 is 1.19 bits per heavy atom. The minimum absolute atomic E-state index is 0.0512. The predicted octanol–water partition coefficient (Wildman–Crippen LogP) is 4.02. The standard InChI is InChI=1S/C27H37N3O5S/c1-14(2)5-6-36-25-18(3-4-21(28-25)30-12-19-20(13-30)23(19)35-26(32)33)24(31)29-22-16-7-15-8-17(22)11-27(34,9-15)10-16/h3-4,14-17,19-20,22-23,34H,5-13H2,1-2H3,(H,29,31)(H,32,33)/t15?,16?,17?,19-,20+,22-,23?,27+. The van der Waals surface area contributed by atoms with Crippen molar-refractivity contribution in [2.75, 3.05) is 23.7 Å². The van der Waals surface area contributed by atoms with Gasteiger partial charge < -0.3 is 25.2 Å². The molecule has 6 aliphatic rings. The van der Waals surface area contributed by atoms with Gasteiger partial charge in [-0.2, -0.15) is 0 Å². The number of amides is 1. The third kappa shape index (κ3) is 4.57. The Morgan fingerprint density at radius 3 is 2.50 bits per heavy atom. The number of aliphatic hydroxyl groups is 1. The summed E-state index contributed by atoms with van der Waals surface area (Å²) in [5, 5.41) is 23.9. The molecule has 6 fully saturated rings. The van der Waals surface area contributed by atoms with E-state index in [-0.39, 0.29) is 29.9 Å². The van der Waals surface area contributed by atoms with Crippen LogP contribution in [0.3, 0.4) is 0 Å². The number of carbonyl (C=O) groups excluding carboxylic acids is 1. The fraction of sp³-hybridized carbons (Fsp3) is 0.741. The lowest BCUT2D eigenvalue weighted by Gasteiger charge is -2.58. The fourth-order valence-corrected chi connectivity index (χ4v) is 8.93. The number of fused-ring (bicyclic) bond motifs is 1. The molecule has 2 heterocycles. The first-order valence-electron chi connectivity index (χ1n) is 13.5. The molecule has 1 aromatic heterocycles. The maximum atomic E-state index is 13.6. The lowest BCUT2D eigenvalue weighted by atomic mass is 9.52. The second kappa shape index (κ2) is 9.08. The maximum Gasteiger partial charge on any atom is 0.506 e. The predicted molar refractivity (Wildman–Crippen MR) is 136 cm³/mol. The Morgan fingerprint density at radius 2 is 1.89 bits per heavy atom. The van der Waals surface area contributed by atoms with Crippen molar-refractivity contribution in [1.29, 1.82) is 0 Å². The highest BCUT2D eigenvalue weighted by Crippen LogP contribution is 2.55. The first-order valence-corrected chi connectivity index (χ1v) is 14.5. The third-order valence-corrected chi connectivity index (χ3v) is 10.3. The molecule has 1 aliphatic heterocycles. The molecule has 0 radical (unpaired) electrons. The van der Waals surface area contributed by atoms with E-state index in [9.17, 15) is 14.7 Å². The van der Waals surface area contributed by atoms with Crippen molar-refractivity contribution in [3.63, 3.8) is 0 Å². The topological polar surface area (TPSA) is 112 Å². The van der Waals surface area contributed by atoms with Crippen LogP contribution >= 0.6 is 11.8 Å². The highest BCUT2D eigenvalue weighted by Gasteiger charge is 2.59. The first kappa shape index (κ1) is 24.3. The second-order valence-corrected chi connectivity index (χ2v) is 13.4. The van der Waals surface area contributed by atoms with Crippen molar-refractivity contribution < 1.29 is 24.5 Å². The molecule has 196 valence electrons. The molecule has 4 bridgehead atoms. The van der Waals surface area contributed by atoms with Gasteiger partial charge in [-0.05, 0) is 80.1 Å². The van der Waals surface area contributed by atoms with Gasteiger partial charge in [-0.15, -0.1) is 11.8 Å². The van der Waals surface area contributed by atoms with Crippen LogP contribution in [0.5, 0.6) is 0 Å². The van der Waals surface area contributed by atoms with Crippen molar-refractivity contribution in [3.05, 3.63) is 17.7 Å². The van der Waals surface area contributed by atoms with Crippen molar-refractivity contribution in [2.24, 2.45) is 35.5 Å². The van der Waals surface area contributed by atoms with Crippen molar-refractivity contribution in [2.45, 2.75) is 75.1 Å². The van der Waals surface area contributed by atoms with Gasteiger partial charge in [-0.3, -0.25) is 4.79 Å². The Bertz CT molecular complexity index is 1020. The van der Waals surface area contributed by atoms with E-state index in [2.05, 4.69) is 24.1 Å². The second-order valence-electron chi connectivity index (χ2n) is 12.3. The molecule has 36 heavy (non-hydrogen) atoms. The zero-order chi connectivity index (χ0) is 25.2. The molecule has 3 unspecified atom stereocenters. The highest BCUT2D eigenvalue weighted by atomic mass is 32.2. The molecular weight excluding hydrogens is 478 g/mol. The van der Waals surface area contributed by atoms with Crippen LogP contribution in [-0.2, 0) is 4.74 Å². The van der Waals surface area contributed by atoms with Gasteiger partial charge in [-0.1, -0.05) is 13.8 Å². The number of rotatable bonds is 8. The number of piperidine rings is 1. The van der Waals surface area contributed by atoms with Crippen molar-refractivity contribution >= 4 is 29.6 Å². The van der Waals surface area contributed by atoms with Gasteiger partial charge in [0.2, 0.25) is 0 Å². The number of pyridine rings is 1. The van der Waals surface area contributed by atoms with E-state index >= 15 is 0 Å². The van der Waals surface area contributed by atoms with E-state index in [1.807, 2.05) is 12.1 Å². The van der Waals surface area contributed by atoms with E-state index < -0.39 is 11.8 Å². The number of carboxylic acid groups (broad SMARTS) is 1. The normalized spacial score (nSPS) is 37.8. The number of nitrogens with zero attached hydrogens (tertiary/aromatic N) is 2. The monoisotopic (exact) mass is 515 g/mol. The van der Waals surface area contributed by atoms with Crippen LogP contribution in [0.2, 0.25) is 0 Å². The molecule has 5 saturated carbocycles. The summed E-state index contributed by atoms with van der Waals surface area (Å²) in [7, 11) is 0. The summed E-state index contributed by atoms with van der Waals surface area (Å²) >= 11 is 1.65. The number of ether oxygens (including phenoxy) is 1. The summed E-state index contributed by atoms with van der Waals surface area (Å²) in [5.74, 6) is 4.08. The molecule has 3 N–H and O–H groups in total.